The molecule has 3 rings (SSSR count). The highest BCUT2D eigenvalue weighted by molar-refractivity contribution is 5.10. The first-order valence-electron chi connectivity index (χ1n) is 7.24. The molecule has 1 saturated carbocycles. The standard InChI is InChI=1S/C14H25NO3/c1-14(2)12(11-4-3-5-18-13(11)14)15-8-10-9-16-6-7-17-10/h10-13,15H,3-9H2,1-2H3. The first-order chi connectivity index (χ1) is 8.69. The van der Waals surface area contributed by atoms with E-state index in [0.29, 0.717) is 18.1 Å². The molecule has 4 unspecified atom stereocenters. The van der Waals surface area contributed by atoms with Crippen molar-refractivity contribution in [2.45, 2.75) is 44.9 Å². The summed E-state index contributed by atoms with van der Waals surface area (Å²) in [7, 11) is 0. The summed E-state index contributed by atoms with van der Waals surface area (Å²) in [6, 6.07) is 0.563. The van der Waals surface area contributed by atoms with E-state index in [4.69, 9.17) is 14.2 Å². The molecule has 4 atom stereocenters. The second-order valence-electron chi connectivity index (χ2n) is 6.37. The minimum atomic E-state index is 0.220. The van der Waals surface area contributed by atoms with Gasteiger partial charge in [-0.2, -0.15) is 0 Å². The zero-order chi connectivity index (χ0) is 12.6. The minimum absolute atomic E-state index is 0.220. The van der Waals surface area contributed by atoms with Crippen LogP contribution in [0.4, 0.5) is 0 Å². The van der Waals surface area contributed by atoms with Crippen LogP contribution in [0.2, 0.25) is 0 Å². The summed E-state index contributed by atoms with van der Waals surface area (Å²) in [5, 5.41) is 3.69. The average molecular weight is 255 g/mol. The van der Waals surface area contributed by atoms with Gasteiger partial charge in [-0.1, -0.05) is 13.8 Å². The maximum Gasteiger partial charge on any atom is 0.0933 e. The molecule has 2 saturated heterocycles. The lowest BCUT2D eigenvalue weighted by atomic mass is 9.55. The predicted molar refractivity (Wildman–Crippen MR) is 68.6 cm³/mol. The predicted octanol–water partition coefficient (Wildman–Crippen LogP) is 1.19. The van der Waals surface area contributed by atoms with E-state index < -0.39 is 0 Å². The van der Waals surface area contributed by atoms with Crippen LogP contribution in [-0.4, -0.2) is 51.2 Å². The maximum atomic E-state index is 5.92. The SMILES string of the molecule is CC1(C)C(NCC2COCCO2)C2CCCOC21. The zero-order valence-electron chi connectivity index (χ0n) is 11.5. The van der Waals surface area contributed by atoms with Crippen molar-refractivity contribution in [3.63, 3.8) is 0 Å². The van der Waals surface area contributed by atoms with Gasteiger partial charge in [-0.15, -0.1) is 0 Å². The van der Waals surface area contributed by atoms with Gasteiger partial charge in [0, 0.05) is 30.5 Å². The van der Waals surface area contributed by atoms with Crippen LogP contribution in [0.1, 0.15) is 26.7 Å². The highest BCUT2D eigenvalue weighted by Gasteiger charge is 2.57. The largest absolute Gasteiger partial charge is 0.377 e. The summed E-state index contributed by atoms with van der Waals surface area (Å²) in [6.45, 7) is 8.67. The number of hydrogen-bond donors (Lipinski definition) is 1. The molecule has 4 heteroatoms. The molecule has 3 aliphatic rings. The van der Waals surface area contributed by atoms with E-state index in [0.717, 1.165) is 33.0 Å². The summed E-state index contributed by atoms with van der Waals surface area (Å²) in [6.07, 6.45) is 3.18. The Hall–Kier alpha value is -0.160. The Labute approximate surface area is 109 Å². The number of ether oxygens (including phenoxy) is 3. The van der Waals surface area contributed by atoms with Crippen molar-refractivity contribution in [1.82, 2.24) is 5.32 Å². The Kier molecular flexibility index (Phi) is 3.63. The molecule has 0 aromatic heterocycles. The third-order valence-corrected chi connectivity index (χ3v) is 4.78. The van der Waals surface area contributed by atoms with Crippen molar-refractivity contribution in [3.8, 4) is 0 Å². The van der Waals surface area contributed by atoms with Gasteiger partial charge < -0.3 is 19.5 Å². The quantitative estimate of drug-likeness (QED) is 0.822. The third kappa shape index (κ3) is 2.20. The fourth-order valence-electron chi connectivity index (χ4n) is 3.85. The van der Waals surface area contributed by atoms with Gasteiger partial charge >= 0.3 is 0 Å². The Morgan fingerprint density at radius 1 is 1.17 bits per heavy atom. The van der Waals surface area contributed by atoms with Gasteiger partial charge in [0.2, 0.25) is 0 Å². The number of rotatable bonds is 3. The number of hydrogen-bond acceptors (Lipinski definition) is 4. The lowest BCUT2D eigenvalue weighted by molar-refractivity contribution is -0.195. The van der Waals surface area contributed by atoms with E-state index in [1.165, 1.54) is 12.8 Å². The Balaban J connectivity index is 1.52. The molecule has 1 N–H and O–H groups in total. The van der Waals surface area contributed by atoms with Crippen molar-refractivity contribution in [2.24, 2.45) is 11.3 Å². The van der Waals surface area contributed by atoms with Gasteiger partial charge in [-0.25, -0.2) is 0 Å². The summed E-state index contributed by atoms with van der Waals surface area (Å²) >= 11 is 0. The molecule has 2 aliphatic heterocycles. The van der Waals surface area contributed by atoms with E-state index in [2.05, 4.69) is 19.2 Å². The van der Waals surface area contributed by atoms with Crippen molar-refractivity contribution in [3.05, 3.63) is 0 Å². The van der Waals surface area contributed by atoms with E-state index in [-0.39, 0.29) is 11.5 Å². The van der Waals surface area contributed by atoms with Crippen LogP contribution < -0.4 is 5.32 Å². The fourth-order valence-corrected chi connectivity index (χ4v) is 3.85. The molecule has 4 nitrogen and oxygen atoms in total. The molecule has 104 valence electrons. The first-order valence-corrected chi connectivity index (χ1v) is 7.24. The molecular formula is C14H25NO3. The second-order valence-corrected chi connectivity index (χ2v) is 6.37. The third-order valence-electron chi connectivity index (χ3n) is 4.78. The number of nitrogens with one attached hydrogen (secondary N) is 1. The molecule has 3 fully saturated rings. The van der Waals surface area contributed by atoms with Crippen LogP contribution in [0.3, 0.4) is 0 Å². The smallest absolute Gasteiger partial charge is 0.0933 e. The van der Waals surface area contributed by atoms with Gasteiger partial charge in [0.1, 0.15) is 0 Å². The van der Waals surface area contributed by atoms with Gasteiger partial charge in [0.15, 0.2) is 0 Å². The van der Waals surface area contributed by atoms with Crippen LogP contribution in [0.25, 0.3) is 0 Å². The summed E-state index contributed by atoms with van der Waals surface area (Å²) in [5.41, 5.74) is 0.251. The molecule has 0 amide bonds. The first kappa shape index (κ1) is 12.9. The van der Waals surface area contributed by atoms with Crippen molar-refractivity contribution in [1.29, 1.82) is 0 Å². The van der Waals surface area contributed by atoms with Crippen LogP contribution in [0.15, 0.2) is 0 Å². The lowest BCUT2D eigenvalue weighted by Gasteiger charge is -2.60. The fraction of sp³-hybridized carbons (Fsp3) is 1.00. The van der Waals surface area contributed by atoms with E-state index >= 15 is 0 Å². The van der Waals surface area contributed by atoms with Gasteiger partial charge in [-0.3, -0.25) is 0 Å². The summed E-state index contributed by atoms with van der Waals surface area (Å²) in [4.78, 5) is 0. The molecule has 0 aromatic carbocycles. The molecule has 18 heavy (non-hydrogen) atoms. The van der Waals surface area contributed by atoms with Crippen molar-refractivity contribution < 1.29 is 14.2 Å². The van der Waals surface area contributed by atoms with Gasteiger partial charge in [0.25, 0.3) is 0 Å². The lowest BCUT2D eigenvalue weighted by Crippen LogP contribution is -2.70. The Bertz CT molecular complexity index is 289. The molecule has 2 heterocycles. The summed E-state index contributed by atoms with van der Waals surface area (Å²) < 4.78 is 17.0. The topological polar surface area (TPSA) is 39.7 Å². The Morgan fingerprint density at radius 3 is 2.83 bits per heavy atom. The van der Waals surface area contributed by atoms with Crippen LogP contribution in [-0.2, 0) is 14.2 Å². The summed E-state index contributed by atoms with van der Waals surface area (Å²) in [5.74, 6) is 0.693. The maximum absolute atomic E-state index is 5.92. The van der Waals surface area contributed by atoms with E-state index in [1.54, 1.807) is 0 Å². The van der Waals surface area contributed by atoms with Gasteiger partial charge in [-0.05, 0) is 12.8 Å². The normalized spacial score (nSPS) is 43.0. The van der Waals surface area contributed by atoms with Crippen molar-refractivity contribution in [2.75, 3.05) is 33.0 Å². The molecule has 0 spiro atoms. The van der Waals surface area contributed by atoms with E-state index in [9.17, 15) is 0 Å². The number of fused-ring (bicyclic) bond motifs is 1. The molecule has 0 radical (unpaired) electrons. The minimum Gasteiger partial charge on any atom is -0.377 e. The van der Waals surface area contributed by atoms with Crippen molar-refractivity contribution >= 4 is 0 Å². The average Bonchev–Trinajstić information content (AvgIpc) is 2.40. The second kappa shape index (κ2) is 5.08. The molecule has 0 bridgehead atoms. The molecule has 1 aliphatic carbocycles. The molecular weight excluding hydrogens is 230 g/mol. The molecule has 0 aromatic rings. The van der Waals surface area contributed by atoms with Crippen LogP contribution >= 0.6 is 0 Å². The Morgan fingerprint density at radius 2 is 2.06 bits per heavy atom. The van der Waals surface area contributed by atoms with Crippen LogP contribution in [0, 0.1) is 11.3 Å². The van der Waals surface area contributed by atoms with E-state index in [1.807, 2.05) is 0 Å². The van der Waals surface area contributed by atoms with Gasteiger partial charge in [0.05, 0.1) is 32.0 Å². The highest BCUT2D eigenvalue weighted by atomic mass is 16.6. The van der Waals surface area contributed by atoms with Crippen LogP contribution in [0.5, 0.6) is 0 Å². The zero-order valence-corrected chi connectivity index (χ0v) is 11.5. The highest BCUT2D eigenvalue weighted by Crippen LogP contribution is 2.51. The monoisotopic (exact) mass is 255 g/mol.